The van der Waals surface area contributed by atoms with Gasteiger partial charge in [-0.05, 0) is 18.6 Å². The molecule has 10 heavy (non-hydrogen) atoms. The number of aliphatic hydroxyl groups is 1. The second-order valence-electron chi connectivity index (χ2n) is 2.20. The Balaban J connectivity index is 2.75. The number of aryl methyl sites for hydroxylation is 1. The normalized spacial score (nSPS) is 9.80. The van der Waals surface area contributed by atoms with E-state index in [0.29, 0.717) is 6.42 Å². The SMILES string of the molecule is Cc1cnnc(CCO)c1. The quantitative estimate of drug-likeness (QED) is 0.640. The van der Waals surface area contributed by atoms with Gasteiger partial charge in [-0.1, -0.05) is 0 Å². The zero-order chi connectivity index (χ0) is 7.40. The van der Waals surface area contributed by atoms with E-state index in [1.165, 1.54) is 0 Å². The second kappa shape index (κ2) is 3.27. The van der Waals surface area contributed by atoms with Crippen LogP contribution in [0.1, 0.15) is 11.3 Å². The van der Waals surface area contributed by atoms with Crippen LogP contribution >= 0.6 is 0 Å². The van der Waals surface area contributed by atoms with Gasteiger partial charge in [0.1, 0.15) is 0 Å². The molecule has 0 saturated carbocycles. The first-order valence-electron chi connectivity index (χ1n) is 3.22. The highest BCUT2D eigenvalue weighted by Crippen LogP contribution is 1.97. The molecule has 0 amide bonds. The van der Waals surface area contributed by atoms with Crippen molar-refractivity contribution >= 4 is 0 Å². The predicted molar refractivity (Wildman–Crippen MR) is 37.6 cm³/mol. The first-order chi connectivity index (χ1) is 4.83. The molecule has 0 unspecified atom stereocenters. The van der Waals surface area contributed by atoms with Crippen molar-refractivity contribution in [3.05, 3.63) is 23.5 Å². The molecule has 0 aliphatic rings. The van der Waals surface area contributed by atoms with Gasteiger partial charge in [-0.3, -0.25) is 0 Å². The van der Waals surface area contributed by atoms with Gasteiger partial charge in [0.15, 0.2) is 0 Å². The molecule has 1 heterocycles. The van der Waals surface area contributed by atoms with Crippen molar-refractivity contribution < 1.29 is 5.11 Å². The number of hydrogen-bond donors (Lipinski definition) is 1. The van der Waals surface area contributed by atoms with Crippen molar-refractivity contribution in [2.24, 2.45) is 0 Å². The van der Waals surface area contributed by atoms with Crippen LogP contribution in [-0.2, 0) is 6.42 Å². The van der Waals surface area contributed by atoms with Gasteiger partial charge < -0.3 is 5.11 Å². The molecule has 0 aliphatic heterocycles. The van der Waals surface area contributed by atoms with Gasteiger partial charge in [0.2, 0.25) is 0 Å². The van der Waals surface area contributed by atoms with Crippen molar-refractivity contribution in [1.82, 2.24) is 10.2 Å². The molecule has 0 atom stereocenters. The van der Waals surface area contributed by atoms with Crippen LogP contribution in [-0.4, -0.2) is 21.9 Å². The lowest BCUT2D eigenvalue weighted by Gasteiger charge is -1.95. The lowest BCUT2D eigenvalue weighted by molar-refractivity contribution is 0.297. The smallest absolute Gasteiger partial charge is 0.0656 e. The maximum atomic E-state index is 8.54. The van der Waals surface area contributed by atoms with Crippen molar-refractivity contribution in [3.63, 3.8) is 0 Å². The molecule has 1 rings (SSSR count). The van der Waals surface area contributed by atoms with Crippen molar-refractivity contribution in [1.29, 1.82) is 0 Å². The topological polar surface area (TPSA) is 46.0 Å². The summed E-state index contributed by atoms with van der Waals surface area (Å²) in [7, 11) is 0. The monoisotopic (exact) mass is 138 g/mol. The molecule has 54 valence electrons. The lowest BCUT2D eigenvalue weighted by Crippen LogP contribution is -1.96. The summed E-state index contributed by atoms with van der Waals surface area (Å²) < 4.78 is 0. The van der Waals surface area contributed by atoms with Gasteiger partial charge in [-0.15, -0.1) is 0 Å². The van der Waals surface area contributed by atoms with Crippen LogP contribution in [0.3, 0.4) is 0 Å². The van der Waals surface area contributed by atoms with E-state index in [0.717, 1.165) is 11.3 Å². The average Bonchev–Trinajstić information content (AvgIpc) is 1.88. The Bertz CT molecular complexity index is 213. The molecule has 0 aromatic carbocycles. The van der Waals surface area contributed by atoms with Crippen LogP contribution in [0.25, 0.3) is 0 Å². The van der Waals surface area contributed by atoms with Crippen LogP contribution < -0.4 is 0 Å². The molecule has 0 radical (unpaired) electrons. The van der Waals surface area contributed by atoms with Gasteiger partial charge in [0, 0.05) is 13.0 Å². The minimum atomic E-state index is 0.137. The molecule has 0 saturated heterocycles. The molecular weight excluding hydrogens is 128 g/mol. The molecule has 0 spiro atoms. The van der Waals surface area contributed by atoms with Crippen LogP contribution in [0.4, 0.5) is 0 Å². The summed E-state index contributed by atoms with van der Waals surface area (Å²) in [6, 6.07) is 1.92. The average molecular weight is 138 g/mol. The largest absolute Gasteiger partial charge is 0.396 e. The summed E-state index contributed by atoms with van der Waals surface area (Å²) >= 11 is 0. The second-order valence-corrected chi connectivity index (χ2v) is 2.20. The van der Waals surface area contributed by atoms with Gasteiger partial charge in [0.25, 0.3) is 0 Å². The number of rotatable bonds is 2. The summed E-state index contributed by atoms with van der Waals surface area (Å²) in [5.41, 5.74) is 1.93. The third-order valence-electron chi connectivity index (χ3n) is 1.21. The van der Waals surface area contributed by atoms with E-state index < -0.39 is 0 Å². The van der Waals surface area contributed by atoms with E-state index >= 15 is 0 Å². The van der Waals surface area contributed by atoms with E-state index in [1.54, 1.807) is 6.20 Å². The maximum absolute atomic E-state index is 8.54. The zero-order valence-corrected chi connectivity index (χ0v) is 5.91. The number of aliphatic hydroxyl groups excluding tert-OH is 1. The predicted octanol–water partition coefficient (Wildman–Crippen LogP) is 0.320. The Morgan fingerprint density at radius 3 is 3.00 bits per heavy atom. The highest BCUT2D eigenvalue weighted by molar-refractivity contribution is 5.10. The van der Waals surface area contributed by atoms with Gasteiger partial charge in [0.05, 0.1) is 11.9 Å². The highest BCUT2D eigenvalue weighted by Gasteiger charge is 1.92. The van der Waals surface area contributed by atoms with Crippen LogP contribution in [0.15, 0.2) is 12.3 Å². The first-order valence-corrected chi connectivity index (χ1v) is 3.22. The molecule has 3 nitrogen and oxygen atoms in total. The summed E-state index contributed by atoms with van der Waals surface area (Å²) in [6.45, 7) is 2.09. The summed E-state index contributed by atoms with van der Waals surface area (Å²) in [4.78, 5) is 0. The van der Waals surface area contributed by atoms with Gasteiger partial charge in [-0.2, -0.15) is 10.2 Å². The molecule has 0 aliphatic carbocycles. The molecule has 1 N–H and O–H groups in total. The minimum Gasteiger partial charge on any atom is -0.396 e. The van der Waals surface area contributed by atoms with Gasteiger partial charge in [-0.25, -0.2) is 0 Å². The zero-order valence-electron chi connectivity index (χ0n) is 5.91. The van der Waals surface area contributed by atoms with Crippen LogP contribution in [0.5, 0.6) is 0 Å². The minimum absolute atomic E-state index is 0.137. The first kappa shape index (κ1) is 7.15. The Kier molecular flexibility index (Phi) is 2.34. The molecule has 1 aromatic heterocycles. The Hall–Kier alpha value is -0.960. The summed E-state index contributed by atoms with van der Waals surface area (Å²) in [5, 5.41) is 16.1. The number of nitrogens with zero attached hydrogens (tertiary/aromatic N) is 2. The standard InChI is InChI=1S/C7H10N2O/c1-6-4-7(2-3-10)9-8-5-6/h4-5,10H,2-3H2,1H3. The van der Waals surface area contributed by atoms with Crippen molar-refractivity contribution in [2.75, 3.05) is 6.61 Å². The van der Waals surface area contributed by atoms with E-state index in [1.807, 2.05) is 13.0 Å². The Morgan fingerprint density at radius 1 is 1.60 bits per heavy atom. The van der Waals surface area contributed by atoms with E-state index in [4.69, 9.17) is 5.11 Å². The van der Waals surface area contributed by atoms with E-state index in [2.05, 4.69) is 10.2 Å². The Labute approximate surface area is 59.7 Å². The third-order valence-corrected chi connectivity index (χ3v) is 1.21. The van der Waals surface area contributed by atoms with Gasteiger partial charge >= 0.3 is 0 Å². The lowest BCUT2D eigenvalue weighted by atomic mass is 10.2. The fourth-order valence-electron chi connectivity index (χ4n) is 0.760. The molecular formula is C7H10N2O. The summed E-state index contributed by atoms with van der Waals surface area (Å²) in [6.07, 6.45) is 2.29. The molecule has 0 fully saturated rings. The van der Waals surface area contributed by atoms with Crippen molar-refractivity contribution in [3.8, 4) is 0 Å². The number of hydrogen-bond acceptors (Lipinski definition) is 3. The fraction of sp³-hybridized carbons (Fsp3) is 0.429. The molecule has 0 bridgehead atoms. The number of aromatic nitrogens is 2. The van der Waals surface area contributed by atoms with Crippen LogP contribution in [0, 0.1) is 6.92 Å². The maximum Gasteiger partial charge on any atom is 0.0656 e. The molecule has 1 aromatic rings. The third kappa shape index (κ3) is 1.77. The highest BCUT2D eigenvalue weighted by atomic mass is 16.3. The van der Waals surface area contributed by atoms with Crippen LogP contribution in [0.2, 0.25) is 0 Å². The molecule has 3 heteroatoms. The fourth-order valence-corrected chi connectivity index (χ4v) is 0.760. The summed E-state index contributed by atoms with van der Waals surface area (Å²) in [5.74, 6) is 0. The Morgan fingerprint density at radius 2 is 2.40 bits per heavy atom. The van der Waals surface area contributed by atoms with Crippen molar-refractivity contribution in [2.45, 2.75) is 13.3 Å². The van der Waals surface area contributed by atoms with E-state index in [9.17, 15) is 0 Å². The van der Waals surface area contributed by atoms with E-state index in [-0.39, 0.29) is 6.61 Å².